The number of hydrogen-bond acceptors (Lipinski definition) is 8. The summed E-state index contributed by atoms with van der Waals surface area (Å²) in [6.45, 7) is 3.86. The fourth-order valence-corrected chi connectivity index (χ4v) is 4.40. The van der Waals surface area contributed by atoms with E-state index in [0.29, 0.717) is 23.5 Å². The fraction of sp³-hybridized carbons (Fsp3) is 0.207. The molecule has 0 bridgehead atoms. The summed E-state index contributed by atoms with van der Waals surface area (Å²) in [6, 6.07) is 13.5. The standard InChI is InChI=1S/C29H26N4O6/c1-19-25(28(34)38-3)27(23-7-4-8-24(16-23)33(36)37)26(20(2)31-19)29(35)39-15-5-6-21-9-11-22(12-10-21)17-32-14-13-30-18-32/h4,7-14,16,18,27,31H,15,17H2,1-3H3. The third kappa shape index (κ3) is 6.22. The molecular weight excluding hydrogens is 500 g/mol. The van der Waals surface area contributed by atoms with Gasteiger partial charge in [0.2, 0.25) is 0 Å². The van der Waals surface area contributed by atoms with Gasteiger partial charge in [-0.3, -0.25) is 10.1 Å². The number of nitro groups is 1. The van der Waals surface area contributed by atoms with Gasteiger partial charge in [0.25, 0.3) is 5.69 Å². The summed E-state index contributed by atoms with van der Waals surface area (Å²) in [5.41, 5.74) is 3.32. The van der Waals surface area contributed by atoms with Crippen LogP contribution in [-0.2, 0) is 25.6 Å². The number of ether oxygens (including phenoxy) is 2. The molecule has 1 atom stereocenters. The molecule has 10 nitrogen and oxygen atoms in total. The van der Waals surface area contributed by atoms with E-state index in [1.54, 1.807) is 32.4 Å². The molecule has 4 rings (SSSR count). The van der Waals surface area contributed by atoms with E-state index in [2.05, 4.69) is 22.1 Å². The molecule has 1 N–H and O–H groups in total. The van der Waals surface area contributed by atoms with Crippen molar-refractivity contribution in [3.05, 3.63) is 117 Å². The van der Waals surface area contributed by atoms with Crippen molar-refractivity contribution in [2.24, 2.45) is 0 Å². The van der Waals surface area contributed by atoms with Crippen LogP contribution < -0.4 is 5.32 Å². The average molecular weight is 527 g/mol. The van der Waals surface area contributed by atoms with Crippen LogP contribution in [0.4, 0.5) is 5.69 Å². The van der Waals surface area contributed by atoms with Gasteiger partial charge in [-0.15, -0.1) is 0 Å². The van der Waals surface area contributed by atoms with E-state index in [0.717, 1.165) is 11.1 Å². The minimum Gasteiger partial charge on any atom is -0.466 e. The number of benzene rings is 2. The van der Waals surface area contributed by atoms with Crippen molar-refractivity contribution in [2.75, 3.05) is 13.7 Å². The summed E-state index contributed by atoms with van der Waals surface area (Å²) in [5.74, 6) is 3.52. The molecule has 10 heteroatoms. The zero-order valence-electron chi connectivity index (χ0n) is 21.6. The first-order valence-electron chi connectivity index (χ1n) is 12.0. The highest BCUT2D eigenvalue weighted by atomic mass is 16.6. The number of rotatable bonds is 7. The Hall–Kier alpha value is -5.17. The van der Waals surface area contributed by atoms with Crippen LogP contribution in [0, 0.1) is 22.0 Å². The first-order valence-corrected chi connectivity index (χ1v) is 12.0. The number of methoxy groups -OCH3 is 1. The van der Waals surface area contributed by atoms with E-state index < -0.39 is 22.8 Å². The van der Waals surface area contributed by atoms with Gasteiger partial charge in [-0.2, -0.15) is 0 Å². The maximum Gasteiger partial charge on any atom is 0.337 e. The molecule has 1 aliphatic rings. The van der Waals surface area contributed by atoms with Crippen molar-refractivity contribution >= 4 is 17.6 Å². The molecule has 39 heavy (non-hydrogen) atoms. The first kappa shape index (κ1) is 26.9. The van der Waals surface area contributed by atoms with E-state index in [1.165, 1.54) is 25.3 Å². The molecule has 198 valence electrons. The molecule has 0 aliphatic carbocycles. The maximum absolute atomic E-state index is 13.3. The number of carbonyl (C=O) groups excluding carboxylic acids is 2. The van der Waals surface area contributed by atoms with Gasteiger partial charge in [-0.25, -0.2) is 14.6 Å². The lowest BCUT2D eigenvalue weighted by atomic mass is 9.80. The van der Waals surface area contributed by atoms with Crippen molar-refractivity contribution in [3.63, 3.8) is 0 Å². The SMILES string of the molecule is COC(=O)C1=C(C)NC(C)=C(C(=O)OCC#Cc2ccc(Cn3ccnc3)cc2)C1c1cccc([N+](=O)[O-])c1. The minimum absolute atomic E-state index is 0.146. The second-order valence-corrected chi connectivity index (χ2v) is 8.79. The van der Waals surface area contributed by atoms with Gasteiger partial charge in [0.1, 0.15) is 0 Å². The second kappa shape index (κ2) is 11.9. The highest BCUT2D eigenvalue weighted by molar-refractivity contribution is 6.00. The van der Waals surface area contributed by atoms with Gasteiger partial charge in [0, 0.05) is 48.0 Å². The monoisotopic (exact) mass is 526 g/mol. The Balaban J connectivity index is 1.53. The van der Waals surface area contributed by atoms with Crippen LogP contribution >= 0.6 is 0 Å². The number of aromatic nitrogens is 2. The number of dihydropyridines is 1. The van der Waals surface area contributed by atoms with Crippen LogP contribution in [0.5, 0.6) is 0 Å². The number of nitrogens with one attached hydrogen (secondary N) is 1. The number of non-ortho nitro benzene ring substituents is 1. The lowest BCUT2D eigenvalue weighted by molar-refractivity contribution is -0.384. The number of imidazole rings is 1. The van der Waals surface area contributed by atoms with Crippen LogP contribution in [0.2, 0.25) is 0 Å². The van der Waals surface area contributed by atoms with Gasteiger partial charge in [0.15, 0.2) is 6.61 Å². The van der Waals surface area contributed by atoms with Crippen LogP contribution in [0.15, 0.2) is 89.8 Å². The molecule has 1 unspecified atom stereocenters. The lowest BCUT2D eigenvalue weighted by Crippen LogP contribution is -2.32. The topological polar surface area (TPSA) is 126 Å². The summed E-state index contributed by atoms with van der Waals surface area (Å²) in [7, 11) is 1.23. The number of carbonyl (C=O) groups is 2. The molecule has 2 aromatic carbocycles. The molecule has 1 aromatic heterocycles. The van der Waals surface area contributed by atoms with Gasteiger partial charge in [-0.1, -0.05) is 36.1 Å². The molecule has 0 saturated heterocycles. The predicted molar refractivity (Wildman–Crippen MR) is 142 cm³/mol. The highest BCUT2D eigenvalue weighted by Gasteiger charge is 2.38. The Morgan fingerprint density at radius 3 is 2.46 bits per heavy atom. The van der Waals surface area contributed by atoms with E-state index >= 15 is 0 Å². The van der Waals surface area contributed by atoms with Crippen LogP contribution in [-0.4, -0.2) is 40.1 Å². The number of allylic oxidation sites excluding steroid dienone is 2. The Bertz CT molecular complexity index is 1530. The van der Waals surface area contributed by atoms with E-state index in [4.69, 9.17) is 9.47 Å². The van der Waals surface area contributed by atoms with Crippen LogP contribution in [0.25, 0.3) is 0 Å². The van der Waals surface area contributed by atoms with E-state index in [1.807, 2.05) is 35.0 Å². The molecule has 0 amide bonds. The number of hydrogen-bond donors (Lipinski definition) is 1. The fourth-order valence-electron chi connectivity index (χ4n) is 4.40. The van der Waals surface area contributed by atoms with Crippen LogP contribution in [0.3, 0.4) is 0 Å². The van der Waals surface area contributed by atoms with Crippen molar-refractivity contribution in [1.82, 2.24) is 14.9 Å². The Morgan fingerprint density at radius 2 is 1.82 bits per heavy atom. The van der Waals surface area contributed by atoms with Crippen molar-refractivity contribution in [1.29, 1.82) is 0 Å². The van der Waals surface area contributed by atoms with E-state index in [-0.39, 0.29) is 23.4 Å². The molecule has 2 heterocycles. The minimum atomic E-state index is -0.929. The predicted octanol–water partition coefficient (Wildman–Crippen LogP) is 3.84. The lowest BCUT2D eigenvalue weighted by Gasteiger charge is -2.30. The van der Waals surface area contributed by atoms with Crippen molar-refractivity contribution in [2.45, 2.75) is 26.3 Å². The molecule has 0 spiro atoms. The zero-order valence-corrected chi connectivity index (χ0v) is 21.6. The number of esters is 2. The summed E-state index contributed by atoms with van der Waals surface area (Å²) in [5, 5.41) is 14.4. The number of nitro benzene ring substituents is 1. The van der Waals surface area contributed by atoms with Gasteiger partial charge in [-0.05, 0) is 37.1 Å². The van der Waals surface area contributed by atoms with Crippen molar-refractivity contribution in [3.8, 4) is 11.8 Å². The molecule has 0 radical (unpaired) electrons. The normalized spacial score (nSPS) is 14.7. The Kier molecular flexibility index (Phi) is 8.21. The highest BCUT2D eigenvalue weighted by Crippen LogP contribution is 2.40. The Labute approximate surface area is 225 Å². The Morgan fingerprint density at radius 1 is 1.10 bits per heavy atom. The zero-order chi connectivity index (χ0) is 27.9. The van der Waals surface area contributed by atoms with Crippen molar-refractivity contribution < 1.29 is 24.0 Å². The molecule has 0 saturated carbocycles. The summed E-state index contributed by atoms with van der Waals surface area (Å²) >= 11 is 0. The smallest absolute Gasteiger partial charge is 0.337 e. The van der Waals surface area contributed by atoms with E-state index in [9.17, 15) is 19.7 Å². The average Bonchev–Trinajstić information content (AvgIpc) is 3.44. The maximum atomic E-state index is 13.3. The number of nitrogens with zero attached hydrogens (tertiary/aromatic N) is 3. The third-order valence-electron chi connectivity index (χ3n) is 6.19. The quantitative estimate of drug-likeness (QED) is 0.213. The van der Waals surface area contributed by atoms with Gasteiger partial charge in [0.05, 0.1) is 35.4 Å². The summed E-state index contributed by atoms with van der Waals surface area (Å²) in [4.78, 5) is 40.9. The molecular formula is C29H26N4O6. The second-order valence-electron chi connectivity index (χ2n) is 8.79. The molecule has 1 aliphatic heterocycles. The molecule has 3 aromatic rings. The largest absolute Gasteiger partial charge is 0.466 e. The molecule has 0 fully saturated rings. The summed E-state index contributed by atoms with van der Waals surface area (Å²) in [6.07, 6.45) is 5.35. The summed E-state index contributed by atoms with van der Waals surface area (Å²) < 4.78 is 12.4. The van der Waals surface area contributed by atoms with Crippen LogP contribution in [0.1, 0.15) is 36.5 Å². The first-order chi connectivity index (χ1) is 18.8. The van der Waals surface area contributed by atoms with Gasteiger partial charge < -0.3 is 19.4 Å². The van der Waals surface area contributed by atoms with Gasteiger partial charge >= 0.3 is 11.9 Å². The third-order valence-corrected chi connectivity index (χ3v) is 6.19.